The molecule has 1 heterocycles. The molecule has 38 heavy (non-hydrogen) atoms. The number of nitrogens with one attached hydrogen (secondary N) is 2. The zero-order valence-electron chi connectivity index (χ0n) is 20.1. The van der Waals surface area contributed by atoms with Crippen LogP contribution in [0.2, 0.25) is 5.02 Å². The van der Waals surface area contributed by atoms with Crippen LogP contribution >= 0.6 is 43.5 Å². The molecule has 8 nitrogen and oxygen atoms in total. The fourth-order valence-electron chi connectivity index (χ4n) is 3.65. The molecule has 0 bridgehead atoms. The van der Waals surface area contributed by atoms with Crippen molar-refractivity contribution in [2.45, 2.75) is 13.8 Å². The normalized spacial score (nSPS) is 14.5. The van der Waals surface area contributed by atoms with Crippen molar-refractivity contribution < 1.29 is 23.9 Å². The van der Waals surface area contributed by atoms with Gasteiger partial charge in [-0.05, 0) is 99.3 Å². The van der Waals surface area contributed by atoms with Crippen molar-refractivity contribution in [3.05, 3.63) is 90.8 Å². The van der Waals surface area contributed by atoms with E-state index in [0.29, 0.717) is 36.5 Å². The van der Waals surface area contributed by atoms with Gasteiger partial charge in [0.1, 0.15) is 11.3 Å². The molecule has 5 amide bonds. The third-order valence-corrected chi connectivity index (χ3v) is 7.18. The second-order valence-corrected chi connectivity index (χ2v) is 10.5. The maximum atomic E-state index is 13.2. The van der Waals surface area contributed by atoms with Gasteiger partial charge in [0.05, 0.1) is 14.6 Å². The molecule has 0 unspecified atom stereocenters. The number of hydrogen-bond acceptors (Lipinski definition) is 5. The Morgan fingerprint density at radius 1 is 1.05 bits per heavy atom. The third kappa shape index (κ3) is 5.98. The highest BCUT2D eigenvalue weighted by Gasteiger charge is 2.37. The summed E-state index contributed by atoms with van der Waals surface area (Å²) in [5.41, 5.74) is 2.75. The number of halogens is 3. The fraction of sp³-hybridized carbons (Fsp3) is 0.111. The molecule has 4 rings (SSSR count). The zero-order chi connectivity index (χ0) is 27.6. The maximum absolute atomic E-state index is 13.2. The van der Waals surface area contributed by atoms with E-state index < -0.39 is 17.8 Å². The summed E-state index contributed by atoms with van der Waals surface area (Å²) in [6.07, 6.45) is 1.36. The van der Waals surface area contributed by atoms with Gasteiger partial charge in [-0.2, -0.15) is 0 Å². The number of ether oxygens (including phenoxy) is 1. The Labute approximate surface area is 240 Å². The Hall–Kier alpha value is -3.47. The van der Waals surface area contributed by atoms with Gasteiger partial charge < -0.3 is 10.1 Å². The van der Waals surface area contributed by atoms with Gasteiger partial charge in [-0.1, -0.05) is 35.4 Å². The van der Waals surface area contributed by atoms with Gasteiger partial charge in [0.25, 0.3) is 17.7 Å². The summed E-state index contributed by atoms with van der Waals surface area (Å²) in [5.74, 6) is -1.60. The minimum atomic E-state index is -0.863. The largest absolute Gasteiger partial charge is 0.481 e. The Kier molecular flexibility index (Phi) is 8.35. The molecule has 0 saturated carbocycles. The number of urea groups is 1. The summed E-state index contributed by atoms with van der Waals surface area (Å²) in [7, 11) is 0. The molecule has 1 fully saturated rings. The van der Waals surface area contributed by atoms with Crippen LogP contribution in [0, 0.1) is 13.8 Å². The van der Waals surface area contributed by atoms with E-state index in [0.717, 1.165) is 10.5 Å². The molecule has 2 N–H and O–H groups in total. The second-order valence-electron chi connectivity index (χ2n) is 8.36. The first kappa shape index (κ1) is 27.6. The number of hydrogen-bond donors (Lipinski definition) is 2. The van der Waals surface area contributed by atoms with Crippen molar-refractivity contribution in [1.82, 2.24) is 5.32 Å². The van der Waals surface area contributed by atoms with Gasteiger partial charge in [-0.3, -0.25) is 19.7 Å². The smallest absolute Gasteiger partial charge is 0.335 e. The van der Waals surface area contributed by atoms with Crippen molar-refractivity contribution in [2.75, 3.05) is 16.8 Å². The quantitative estimate of drug-likeness (QED) is 0.243. The Morgan fingerprint density at radius 2 is 1.71 bits per heavy atom. The van der Waals surface area contributed by atoms with Gasteiger partial charge >= 0.3 is 6.03 Å². The second kappa shape index (κ2) is 11.5. The van der Waals surface area contributed by atoms with E-state index in [2.05, 4.69) is 42.5 Å². The van der Waals surface area contributed by atoms with E-state index in [1.807, 2.05) is 19.1 Å². The Balaban J connectivity index is 1.54. The number of imide groups is 2. The number of barbiturate groups is 1. The van der Waals surface area contributed by atoms with E-state index in [4.69, 9.17) is 16.3 Å². The molecule has 194 valence electrons. The predicted molar refractivity (Wildman–Crippen MR) is 152 cm³/mol. The monoisotopic (exact) mass is 659 g/mol. The van der Waals surface area contributed by atoms with Gasteiger partial charge in [-0.25, -0.2) is 9.69 Å². The van der Waals surface area contributed by atoms with E-state index in [-0.39, 0.29) is 23.8 Å². The molecule has 3 aromatic rings. The SMILES string of the molecule is Cc1ccc(NC(=O)COc2c(Br)cc(/C=C3\C(=O)NC(=O)N(c4cccc(Cl)c4C)C3=O)cc2Br)cc1. The summed E-state index contributed by atoms with van der Waals surface area (Å²) < 4.78 is 6.64. The first-order valence-electron chi connectivity index (χ1n) is 11.2. The van der Waals surface area contributed by atoms with Crippen molar-refractivity contribution >= 4 is 84.7 Å². The van der Waals surface area contributed by atoms with Gasteiger partial charge in [0.15, 0.2) is 6.61 Å². The van der Waals surface area contributed by atoms with Crippen LogP contribution in [0.3, 0.4) is 0 Å². The van der Waals surface area contributed by atoms with Crippen LogP contribution in [0.25, 0.3) is 6.08 Å². The molecule has 0 aliphatic carbocycles. The van der Waals surface area contributed by atoms with Crippen LogP contribution in [0.4, 0.5) is 16.2 Å². The molecular weight excluding hydrogens is 642 g/mol. The standard InChI is InChI=1S/C27H20Br2ClN3O5/c1-14-6-8-17(9-7-14)31-23(34)13-38-24-19(28)11-16(12-20(24)29)10-18-25(35)32-27(37)33(26(18)36)22-5-3-4-21(30)15(22)2/h3-12H,13H2,1-2H3,(H,31,34)(H,32,35,37)/b18-10+. The molecule has 1 saturated heterocycles. The van der Waals surface area contributed by atoms with Gasteiger partial charge in [-0.15, -0.1) is 0 Å². The summed E-state index contributed by atoms with van der Waals surface area (Å²) >= 11 is 13.0. The number of carbonyl (C=O) groups excluding carboxylic acids is 4. The molecule has 3 aromatic carbocycles. The number of amides is 5. The fourth-order valence-corrected chi connectivity index (χ4v) is 5.27. The van der Waals surface area contributed by atoms with E-state index >= 15 is 0 Å². The third-order valence-electron chi connectivity index (χ3n) is 5.60. The number of benzene rings is 3. The molecule has 1 aliphatic rings. The van der Waals surface area contributed by atoms with Crippen molar-refractivity contribution in [1.29, 1.82) is 0 Å². The van der Waals surface area contributed by atoms with E-state index in [9.17, 15) is 19.2 Å². The summed E-state index contributed by atoms with van der Waals surface area (Å²) in [6, 6.07) is 14.6. The van der Waals surface area contributed by atoms with Gasteiger partial charge in [0.2, 0.25) is 0 Å². The molecule has 1 aliphatic heterocycles. The molecule has 0 spiro atoms. The van der Waals surface area contributed by atoms with Crippen LogP contribution in [0.1, 0.15) is 16.7 Å². The first-order chi connectivity index (χ1) is 18.0. The highest BCUT2D eigenvalue weighted by Crippen LogP contribution is 2.36. The number of aryl methyl sites for hydroxylation is 1. The maximum Gasteiger partial charge on any atom is 0.335 e. The van der Waals surface area contributed by atoms with Crippen molar-refractivity contribution in [2.24, 2.45) is 0 Å². The Morgan fingerprint density at radius 3 is 2.37 bits per heavy atom. The van der Waals surface area contributed by atoms with E-state index in [1.54, 1.807) is 49.4 Å². The zero-order valence-corrected chi connectivity index (χ0v) is 24.0. The average Bonchev–Trinajstić information content (AvgIpc) is 2.85. The number of nitrogens with zero attached hydrogens (tertiary/aromatic N) is 1. The predicted octanol–water partition coefficient (Wildman–Crippen LogP) is 6.17. The number of anilines is 2. The van der Waals surface area contributed by atoms with Gasteiger partial charge in [0, 0.05) is 10.7 Å². The van der Waals surface area contributed by atoms with Crippen LogP contribution in [-0.4, -0.2) is 30.4 Å². The van der Waals surface area contributed by atoms with Crippen LogP contribution in [0.5, 0.6) is 5.75 Å². The highest BCUT2D eigenvalue weighted by atomic mass is 79.9. The van der Waals surface area contributed by atoms with Crippen LogP contribution in [0.15, 0.2) is 69.1 Å². The summed E-state index contributed by atoms with van der Waals surface area (Å²) in [6.45, 7) is 3.38. The minimum absolute atomic E-state index is 0.242. The highest BCUT2D eigenvalue weighted by molar-refractivity contribution is 9.11. The number of rotatable bonds is 6. The molecular formula is C27H20Br2ClN3O5. The lowest BCUT2D eigenvalue weighted by molar-refractivity contribution is -0.122. The lowest BCUT2D eigenvalue weighted by Gasteiger charge is -2.27. The Bertz CT molecular complexity index is 1480. The minimum Gasteiger partial charge on any atom is -0.481 e. The number of carbonyl (C=O) groups is 4. The summed E-state index contributed by atoms with van der Waals surface area (Å²) in [4.78, 5) is 51.5. The topological polar surface area (TPSA) is 105 Å². The summed E-state index contributed by atoms with van der Waals surface area (Å²) in [5, 5.41) is 5.33. The average molecular weight is 662 g/mol. The lowest BCUT2D eigenvalue weighted by atomic mass is 10.1. The molecule has 0 radical (unpaired) electrons. The molecule has 0 aromatic heterocycles. The van der Waals surface area contributed by atoms with Crippen LogP contribution in [-0.2, 0) is 14.4 Å². The van der Waals surface area contributed by atoms with E-state index in [1.165, 1.54) is 6.08 Å². The van der Waals surface area contributed by atoms with Crippen molar-refractivity contribution in [3.8, 4) is 5.75 Å². The van der Waals surface area contributed by atoms with Crippen LogP contribution < -0.4 is 20.3 Å². The molecule has 11 heteroatoms. The van der Waals surface area contributed by atoms with Crippen molar-refractivity contribution in [3.63, 3.8) is 0 Å². The first-order valence-corrected chi connectivity index (χ1v) is 13.2. The lowest BCUT2D eigenvalue weighted by Crippen LogP contribution is -2.54. The molecule has 0 atom stereocenters.